The number of rotatable bonds is 4. The van der Waals surface area contributed by atoms with Crippen LogP contribution < -0.4 is 4.74 Å². The number of hydrogen-bond donors (Lipinski definition) is 2. The van der Waals surface area contributed by atoms with Crippen molar-refractivity contribution in [1.29, 1.82) is 5.26 Å². The minimum absolute atomic E-state index is 0.158. The van der Waals surface area contributed by atoms with E-state index in [1.54, 1.807) is 18.2 Å². The standard InChI is InChI=1S/C11H12ClNO3/c1-16-7-2-3-9(12)8(6-7)11(15)10(14)4-5-13/h2-3,6,10-11,14-15H,4H2,1H3. The van der Waals surface area contributed by atoms with E-state index in [0.29, 0.717) is 16.3 Å². The summed E-state index contributed by atoms with van der Waals surface area (Å²) in [7, 11) is 1.49. The molecule has 0 aliphatic rings. The Balaban J connectivity index is 2.98. The van der Waals surface area contributed by atoms with E-state index >= 15 is 0 Å². The highest BCUT2D eigenvalue weighted by atomic mass is 35.5. The Morgan fingerprint density at radius 1 is 1.50 bits per heavy atom. The topological polar surface area (TPSA) is 73.5 Å². The fraction of sp³-hybridized carbons (Fsp3) is 0.364. The molecule has 2 N–H and O–H groups in total. The molecule has 0 aromatic heterocycles. The van der Waals surface area contributed by atoms with Crippen LogP contribution in [0.1, 0.15) is 18.1 Å². The van der Waals surface area contributed by atoms with Crippen LogP contribution in [0.5, 0.6) is 5.75 Å². The van der Waals surface area contributed by atoms with Gasteiger partial charge >= 0.3 is 0 Å². The minimum Gasteiger partial charge on any atom is -0.497 e. The fourth-order valence-electron chi connectivity index (χ4n) is 1.29. The molecule has 0 saturated heterocycles. The number of benzene rings is 1. The van der Waals surface area contributed by atoms with E-state index in [1.807, 2.05) is 0 Å². The molecular weight excluding hydrogens is 230 g/mol. The van der Waals surface area contributed by atoms with Crippen LogP contribution in [0.25, 0.3) is 0 Å². The lowest BCUT2D eigenvalue weighted by Gasteiger charge is -2.17. The summed E-state index contributed by atoms with van der Waals surface area (Å²) in [5.74, 6) is 0.530. The normalized spacial score (nSPS) is 13.9. The molecule has 16 heavy (non-hydrogen) atoms. The van der Waals surface area contributed by atoms with Crippen molar-refractivity contribution in [2.45, 2.75) is 18.6 Å². The van der Waals surface area contributed by atoms with E-state index in [-0.39, 0.29) is 6.42 Å². The van der Waals surface area contributed by atoms with E-state index in [0.717, 1.165) is 0 Å². The van der Waals surface area contributed by atoms with Crippen LogP contribution in [0.4, 0.5) is 0 Å². The van der Waals surface area contributed by atoms with E-state index in [2.05, 4.69) is 0 Å². The summed E-state index contributed by atoms with van der Waals surface area (Å²) in [6.07, 6.45) is -2.51. The van der Waals surface area contributed by atoms with Gasteiger partial charge in [-0.15, -0.1) is 0 Å². The number of ether oxygens (including phenoxy) is 1. The molecule has 1 rings (SSSR count). The summed E-state index contributed by atoms with van der Waals surface area (Å²) in [4.78, 5) is 0. The monoisotopic (exact) mass is 241 g/mol. The van der Waals surface area contributed by atoms with E-state index < -0.39 is 12.2 Å². The van der Waals surface area contributed by atoms with Gasteiger partial charge in [0.15, 0.2) is 0 Å². The van der Waals surface area contributed by atoms with Crippen molar-refractivity contribution in [2.24, 2.45) is 0 Å². The number of methoxy groups -OCH3 is 1. The summed E-state index contributed by atoms with van der Waals surface area (Å²) < 4.78 is 4.98. The Labute approximate surface area is 98.7 Å². The van der Waals surface area contributed by atoms with Gasteiger partial charge < -0.3 is 14.9 Å². The first-order valence-corrected chi connectivity index (χ1v) is 5.04. The molecule has 0 bridgehead atoms. The predicted molar refractivity (Wildman–Crippen MR) is 59.2 cm³/mol. The van der Waals surface area contributed by atoms with Gasteiger partial charge in [-0.05, 0) is 18.2 Å². The molecule has 4 nitrogen and oxygen atoms in total. The maximum absolute atomic E-state index is 9.78. The average molecular weight is 242 g/mol. The third kappa shape index (κ3) is 2.86. The lowest BCUT2D eigenvalue weighted by molar-refractivity contribution is 0.0216. The van der Waals surface area contributed by atoms with E-state index in [9.17, 15) is 10.2 Å². The summed E-state index contributed by atoms with van der Waals surface area (Å²) in [6.45, 7) is 0. The number of hydrogen-bond acceptors (Lipinski definition) is 4. The highest BCUT2D eigenvalue weighted by molar-refractivity contribution is 6.31. The smallest absolute Gasteiger partial charge is 0.119 e. The molecule has 0 fully saturated rings. The van der Waals surface area contributed by atoms with Gasteiger partial charge in [0.05, 0.1) is 25.7 Å². The molecule has 2 atom stereocenters. The maximum Gasteiger partial charge on any atom is 0.119 e. The lowest BCUT2D eigenvalue weighted by atomic mass is 10.0. The van der Waals surface area contributed by atoms with Gasteiger partial charge in [-0.25, -0.2) is 0 Å². The minimum atomic E-state index is -1.19. The average Bonchev–Trinajstić information content (AvgIpc) is 2.29. The molecule has 0 aliphatic carbocycles. The van der Waals surface area contributed by atoms with Crippen molar-refractivity contribution in [3.05, 3.63) is 28.8 Å². The van der Waals surface area contributed by atoms with Crippen molar-refractivity contribution in [3.8, 4) is 11.8 Å². The predicted octanol–water partition coefficient (Wildman–Crippen LogP) is 1.66. The number of aliphatic hydroxyl groups is 2. The molecule has 2 unspecified atom stereocenters. The largest absolute Gasteiger partial charge is 0.497 e. The van der Waals surface area contributed by atoms with E-state index in [1.165, 1.54) is 13.2 Å². The van der Waals surface area contributed by atoms with Gasteiger partial charge in [-0.3, -0.25) is 0 Å². The molecule has 0 amide bonds. The molecule has 5 heteroatoms. The second kappa shape index (κ2) is 5.71. The Morgan fingerprint density at radius 2 is 2.19 bits per heavy atom. The summed E-state index contributed by atoms with van der Waals surface area (Å²) in [6, 6.07) is 6.53. The second-order valence-corrected chi connectivity index (χ2v) is 3.67. The van der Waals surface area contributed by atoms with Crippen LogP contribution in [0, 0.1) is 11.3 Å². The van der Waals surface area contributed by atoms with Gasteiger partial charge in [-0.1, -0.05) is 11.6 Å². The van der Waals surface area contributed by atoms with Crippen molar-refractivity contribution >= 4 is 11.6 Å². The molecule has 0 spiro atoms. The third-order valence-electron chi connectivity index (χ3n) is 2.19. The first-order valence-electron chi connectivity index (χ1n) is 4.66. The second-order valence-electron chi connectivity index (χ2n) is 3.26. The number of nitrogens with zero attached hydrogens (tertiary/aromatic N) is 1. The zero-order valence-electron chi connectivity index (χ0n) is 8.72. The van der Waals surface area contributed by atoms with E-state index in [4.69, 9.17) is 21.6 Å². The van der Waals surface area contributed by atoms with Crippen molar-refractivity contribution in [1.82, 2.24) is 0 Å². The molecule has 86 valence electrons. The first kappa shape index (κ1) is 12.8. The van der Waals surface area contributed by atoms with Gasteiger partial charge in [-0.2, -0.15) is 5.26 Å². The van der Waals surface area contributed by atoms with Crippen molar-refractivity contribution in [3.63, 3.8) is 0 Å². The summed E-state index contributed by atoms with van der Waals surface area (Å²) in [5.41, 5.74) is 0.351. The Hall–Kier alpha value is -1.28. The molecule has 0 saturated carbocycles. The Morgan fingerprint density at radius 3 is 2.75 bits per heavy atom. The molecule has 0 heterocycles. The molecule has 0 aliphatic heterocycles. The van der Waals surface area contributed by atoms with Gasteiger partial charge in [0.25, 0.3) is 0 Å². The quantitative estimate of drug-likeness (QED) is 0.841. The fourth-order valence-corrected chi connectivity index (χ4v) is 1.52. The van der Waals surface area contributed by atoms with Gasteiger partial charge in [0.2, 0.25) is 0 Å². The molecular formula is C11H12ClNO3. The molecule has 0 radical (unpaired) electrons. The Bertz CT molecular complexity index is 403. The van der Waals surface area contributed by atoms with Crippen LogP contribution >= 0.6 is 11.6 Å². The highest BCUT2D eigenvalue weighted by Gasteiger charge is 2.21. The van der Waals surface area contributed by atoms with Crippen LogP contribution in [0.2, 0.25) is 5.02 Å². The van der Waals surface area contributed by atoms with Crippen LogP contribution in [0.15, 0.2) is 18.2 Å². The summed E-state index contributed by atoms with van der Waals surface area (Å²) in [5, 5.41) is 28.0. The number of halogens is 1. The third-order valence-corrected chi connectivity index (χ3v) is 2.53. The van der Waals surface area contributed by atoms with Crippen LogP contribution in [-0.4, -0.2) is 23.4 Å². The van der Waals surface area contributed by atoms with Gasteiger partial charge in [0, 0.05) is 10.6 Å². The van der Waals surface area contributed by atoms with Crippen molar-refractivity contribution < 1.29 is 14.9 Å². The highest BCUT2D eigenvalue weighted by Crippen LogP contribution is 2.29. The summed E-state index contributed by atoms with van der Waals surface area (Å²) >= 11 is 5.88. The van der Waals surface area contributed by atoms with Crippen molar-refractivity contribution in [2.75, 3.05) is 7.11 Å². The number of aliphatic hydroxyl groups excluding tert-OH is 2. The first-order chi connectivity index (χ1) is 7.60. The Kier molecular flexibility index (Phi) is 4.56. The lowest BCUT2D eigenvalue weighted by Crippen LogP contribution is -2.17. The maximum atomic E-state index is 9.78. The SMILES string of the molecule is COc1ccc(Cl)c(C(O)C(O)CC#N)c1. The zero-order valence-corrected chi connectivity index (χ0v) is 9.48. The molecule has 1 aromatic rings. The zero-order chi connectivity index (χ0) is 12.1. The van der Waals surface area contributed by atoms with Crippen LogP contribution in [0.3, 0.4) is 0 Å². The van der Waals surface area contributed by atoms with Gasteiger partial charge in [0.1, 0.15) is 11.9 Å². The van der Waals surface area contributed by atoms with Crippen LogP contribution in [-0.2, 0) is 0 Å². The number of nitriles is 1. The molecule has 1 aromatic carbocycles.